The van der Waals surface area contributed by atoms with Crippen molar-refractivity contribution >= 4 is 0 Å². The summed E-state index contributed by atoms with van der Waals surface area (Å²) in [4.78, 5) is 23.8. The van der Waals surface area contributed by atoms with Crippen molar-refractivity contribution in [2.24, 2.45) is 14.1 Å². The van der Waals surface area contributed by atoms with E-state index < -0.39 is 0 Å². The highest BCUT2D eigenvalue weighted by molar-refractivity contribution is 5.34. The molecule has 0 bridgehead atoms. The minimum atomic E-state index is -0.222. The zero-order valence-electron chi connectivity index (χ0n) is 11.3. The van der Waals surface area contributed by atoms with Crippen LogP contribution >= 0.6 is 0 Å². The van der Waals surface area contributed by atoms with Crippen molar-refractivity contribution in [2.75, 3.05) is 0 Å². The van der Waals surface area contributed by atoms with Crippen LogP contribution in [0.5, 0.6) is 0 Å². The first-order valence-corrected chi connectivity index (χ1v) is 5.85. The van der Waals surface area contributed by atoms with E-state index in [-0.39, 0.29) is 17.0 Å². The van der Waals surface area contributed by atoms with E-state index in [9.17, 15) is 9.59 Å². The van der Waals surface area contributed by atoms with Crippen LogP contribution < -0.4 is 11.1 Å². The van der Waals surface area contributed by atoms with Crippen LogP contribution in [0.15, 0.2) is 9.59 Å². The van der Waals surface area contributed by atoms with Gasteiger partial charge in [-0.3, -0.25) is 29.2 Å². The smallest absolute Gasteiger partial charge is 0.268 e. The van der Waals surface area contributed by atoms with Gasteiger partial charge in [0.25, 0.3) is 11.1 Å². The highest BCUT2D eigenvalue weighted by atomic mass is 16.1. The maximum atomic E-state index is 11.9. The second kappa shape index (κ2) is 4.04. The second-order valence-electron chi connectivity index (χ2n) is 4.72. The maximum absolute atomic E-state index is 11.9. The van der Waals surface area contributed by atoms with Crippen LogP contribution in [0.4, 0.5) is 0 Å². The Morgan fingerprint density at radius 3 is 1.44 bits per heavy atom. The highest BCUT2D eigenvalue weighted by Crippen LogP contribution is 2.23. The van der Waals surface area contributed by atoms with E-state index in [1.807, 2.05) is 20.8 Å². The Bertz CT molecular complexity index is 638. The fraction of sp³-hybridized carbons (Fsp3) is 0.500. The second-order valence-corrected chi connectivity index (χ2v) is 4.72. The summed E-state index contributed by atoms with van der Waals surface area (Å²) in [5.41, 5.74) is 2.75. The van der Waals surface area contributed by atoms with Gasteiger partial charge in [0, 0.05) is 42.5 Å². The van der Waals surface area contributed by atoms with Crippen molar-refractivity contribution in [2.45, 2.75) is 26.7 Å². The SMILES string of the molecule is Cc1c(C(C)c2c(C)n(C)[nH]c2=O)c(=O)[nH]n1C. The van der Waals surface area contributed by atoms with E-state index in [0.29, 0.717) is 11.1 Å². The van der Waals surface area contributed by atoms with E-state index in [1.165, 1.54) is 0 Å². The van der Waals surface area contributed by atoms with Crippen LogP contribution in [0.1, 0.15) is 35.4 Å². The molecule has 6 heteroatoms. The zero-order valence-corrected chi connectivity index (χ0v) is 11.3. The molecule has 2 N–H and O–H groups in total. The van der Waals surface area contributed by atoms with Gasteiger partial charge in [-0.05, 0) is 13.8 Å². The Labute approximate surface area is 104 Å². The number of H-pyrrole nitrogens is 2. The van der Waals surface area contributed by atoms with Crippen molar-refractivity contribution in [3.63, 3.8) is 0 Å². The summed E-state index contributed by atoms with van der Waals surface area (Å²) >= 11 is 0. The number of aromatic amines is 2. The van der Waals surface area contributed by atoms with Gasteiger partial charge in [-0.15, -0.1) is 0 Å². The Morgan fingerprint density at radius 1 is 0.889 bits per heavy atom. The van der Waals surface area contributed by atoms with Crippen LogP contribution in [0.3, 0.4) is 0 Å². The third-order valence-corrected chi connectivity index (χ3v) is 3.68. The van der Waals surface area contributed by atoms with E-state index in [4.69, 9.17) is 0 Å². The standard InChI is InChI=1S/C12H18N4O2/c1-6(9-7(2)15(4)13-11(9)17)10-8(3)16(5)14-12(10)18/h6H,1-5H3,(H,13,17)(H,14,18). The average Bonchev–Trinajstić information content (AvgIpc) is 2.66. The van der Waals surface area contributed by atoms with Crippen LogP contribution in [-0.4, -0.2) is 19.6 Å². The zero-order chi connectivity index (χ0) is 13.6. The number of nitrogens with zero attached hydrogens (tertiary/aromatic N) is 2. The summed E-state index contributed by atoms with van der Waals surface area (Å²) < 4.78 is 3.36. The molecule has 0 aliphatic rings. The van der Waals surface area contributed by atoms with Crippen molar-refractivity contribution in [3.05, 3.63) is 43.2 Å². The summed E-state index contributed by atoms with van der Waals surface area (Å²) in [5.74, 6) is -0.222. The van der Waals surface area contributed by atoms with Crippen LogP contribution in [-0.2, 0) is 14.1 Å². The number of aryl methyl sites for hydroxylation is 2. The van der Waals surface area contributed by atoms with Gasteiger partial charge < -0.3 is 0 Å². The molecule has 0 atom stereocenters. The molecule has 98 valence electrons. The maximum Gasteiger partial charge on any atom is 0.268 e. The normalized spacial score (nSPS) is 11.4. The summed E-state index contributed by atoms with van der Waals surface area (Å²) in [6.07, 6.45) is 0. The molecule has 2 aromatic rings. The quantitative estimate of drug-likeness (QED) is 0.814. The molecule has 0 saturated carbocycles. The lowest BCUT2D eigenvalue weighted by Gasteiger charge is -2.09. The van der Waals surface area contributed by atoms with Crippen molar-refractivity contribution < 1.29 is 0 Å². The number of nitrogens with one attached hydrogen (secondary N) is 2. The molecule has 18 heavy (non-hydrogen) atoms. The Kier molecular flexibility index (Phi) is 2.80. The molecule has 6 nitrogen and oxygen atoms in total. The lowest BCUT2D eigenvalue weighted by molar-refractivity contribution is 0.726. The summed E-state index contributed by atoms with van der Waals surface area (Å²) in [6, 6.07) is 0. The van der Waals surface area contributed by atoms with Crippen LogP contribution in [0.2, 0.25) is 0 Å². The van der Waals surface area contributed by atoms with Gasteiger partial charge in [0.2, 0.25) is 0 Å². The molecule has 0 fully saturated rings. The summed E-state index contributed by atoms with van der Waals surface area (Å²) in [6.45, 7) is 5.63. The lowest BCUT2D eigenvalue weighted by Crippen LogP contribution is -2.17. The molecular formula is C12H18N4O2. The molecule has 0 aliphatic carbocycles. The largest absolute Gasteiger partial charge is 0.292 e. The molecule has 0 spiro atoms. The molecule has 2 heterocycles. The number of rotatable bonds is 2. The third kappa shape index (κ3) is 1.64. The molecule has 0 saturated heterocycles. The highest BCUT2D eigenvalue weighted by Gasteiger charge is 2.23. The number of hydrogen-bond donors (Lipinski definition) is 2. The number of hydrogen-bond acceptors (Lipinski definition) is 2. The van der Waals surface area contributed by atoms with Crippen molar-refractivity contribution in [1.29, 1.82) is 0 Å². The molecule has 2 aromatic heterocycles. The lowest BCUT2D eigenvalue weighted by atomic mass is 9.94. The van der Waals surface area contributed by atoms with E-state index in [1.54, 1.807) is 23.5 Å². The topological polar surface area (TPSA) is 75.6 Å². The molecule has 0 amide bonds. The summed E-state index contributed by atoms with van der Waals surface area (Å²) in [5, 5.41) is 5.43. The van der Waals surface area contributed by atoms with Crippen LogP contribution in [0.25, 0.3) is 0 Å². The fourth-order valence-electron chi connectivity index (χ4n) is 2.45. The van der Waals surface area contributed by atoms with Crippen molar-refractivity contribution in [3.8, 4) is 0 Å². The first-order valence-electron chi connectivity index (χ1n) is 5.85. The first-order chi connectivity index (χ1) is 8.34. The molecule has 0 aliphatic heterocycles. The summed E-state index contributed by atoms with van der Waals surface area (Å²) in [7, 11) is 3.57. The van der Waals surface area contributed by atoms with Gasteiger partial charge in [-0.2, -0.15) is 0 Å². The molecule has 2 rings (SSSR count). The molecule has 0 aromatic carbocycles. The van der Waals surface area contributed by atoms with E-state index in [0.717, 1.165) is 11.4 Å². The minimum Gasteiger partial charge on any atom is -0.292 e. The Morgan fingerprint density at radius 2 is 1.22 bits per heavy atom. The minimum absolute atomic E-state index is 0.134. The molecule has 0 radical (unpaired) electrons. The predicted molar refractivity (Wildman–Crippen MR) is 69.1 cm³/mol. The molecular weight excluding hydrogens is 232 g/mol. The number of aromatic nitrogens is 4. The predicted octanol–water partition coefficient (Wildman–Crippen LogP) is 0.509. The van der Waals surface area contributed by atoms with Gasteiger partial charge in [-0.25, -0.2) is 0 Å². The molecule has 0 unspecified atom stereocenters. The first kappa shape index (κ1) is 12.5. The average molecular weight is 250 g/mol. The van der Waals surface area contributed by atoms with Gasteiger partial charge in [0.05, 0.1) is 0 Å². The van der Waals surface area contributed by atoms with Gasteiger partial charge in [-0.1, -0.05) is 6.92 Å². The van der Waals surface area contributed by atoms with E-state index in [2.05, 4.69) is 10.2 Å². The fourth-order valence-corrected chi connectivity index (χ4v) is 2.45. The monoisotopic (exact) mass is 250 g/mol. The Balaban J connectivity index is 2.65. The van der Waals surface area contributed by atoms with Gasteiger partial charge >= 0.3 is 0 Å². The van der Waals surface area contributed by atoms with Crippen LogP contribution in [0, 0.1) is 13.8 Å². The third-order valence-electron chi connectivity index (χ3n) is 3.68. The Hall–Kier alpha value is -1.98. The van der Waals surface area contributed by atoms with Crippen molar-refractivity contribution in [1.82, 2.24) is 19.6 Å². The van der Waals surface area contributed by atoms with Gasteiger partial charge in [0.15, 0.2) is 0 Å². The van der Waals surface area contributed by atoms with Gasteiger partial charge in [0.1, 0.15) is 0 Å². The van der Waals surface area contributed by atoms with E-state index >= 15 is 0 Å².